The second kappa shape index (κ2) is 6.59. The van der Waals surface area contributed by atoms with Crippen molar-refractivity contribution in [2.45, 2.75) is 64.8 Å². The summed E-state index contributed by atoms with van der Waals surface area (Å²) in [5, 5.41) is 12.4. The number of nitrogens with one attached hydrogen (secondary N) is 1. The van der Waals surface area contributed by atoms with E-state index >= 15 is 0 Å². The first-order chi connectivity index (χ1) is 9.52. The first-order valence-corrected chi connectivity index (χ1v) is 8.06. The van der Waals surface area contributed by atoms with Gasteiger partial charge in [0, 0.05) is 6.04 Å². The lowest BCUT2D eigenvalue weighted by atomic mass is 9.93. The Balaban J connectivity index is 1.94. The Morgan fingerprint density at radius 1 is 1.20 bits per heavy atom. The summed E-state index contributed by atoms with van der Waals surface area (Å²) in [6.45, 7) is 4.14. The summed E-state index contributed by atoms with van der Waals surface area (Å²) < 4.78 is 0. The van der Waals surface area contributed by atoms with Crippen LogP contribution in [0, 0.1) is 23.7 Å². The van der Waals surface area contributed by atoms with Gasteiger partial charge in [0.05, 0.1) is 11.8 Å². The van der Waals surface area contributed by atoms with Crippen molar-refractivity contribution in [2.24, 2.45) is 23.7 Å². The van der Waals surface area contributed by atoms with Crippen molar-refractivity contribution in [3.8, 4) is 0 Å². The molecule has 0 saturated heterocycles. The highest BCUT2D eigenvalue weighted by Crippen LogP contribution is 2.38. The van der Waals surface area contributed by atoms with E-state index in [0.717, 1.165) is 12.8 Å². The van der Waals surface area contributed by atoms with Gasteiger partial charge in [-0.25, -0.2) is 0 Å². The molecule has 114 valence electrons. The van der Waals surface area contributed by atoms with E-state index in [-0.39, 0.29) is 17.9 Å². The molecule has 0 aromatic rings. The Bertz CT molecular complexity index is 363. The largest absolute Gasteiger partial charge is 0.481 e. The fourth-order valence-corrected chi connectivity index (χ4v) is 3.95. The Kier molecular flexibility index (Phi) is 5.06. The van der Waals surface area contributed by atoms with Gasteiger partial charge in [0.1, 0.15) is 0 Å². The van der Waals surface area contributed by atoms with Crippen LogP contribution in [-0.4, -0.2) is 23.0 Å². The number of carbonyl (C=O) groups is 2. The summed E-state index contributed by atoms with van der Waals surface area (Å²) in [7, 11) is 0. The van der Waals surface area contributed by atoms with E-state index < -0.39 is 11.9 Å². The van der Waals surface area contributed by atoms with E-state index in [1.165, 1.54) is 25.7 Å². The number of carboxylic acid groups (broad SMARTS) is 1. The number of hydrogen-bond acceptors (Lipinski definition) is 2. The number of hydrogen-bond donors (Lipinski definition) is 2. The van der Waals surface area contributed by atoms with E-state index in [1.807, 2.05) is 0 Å². The zero-order valence-corrected chi connectivity index (χ0v) is 12.6. The molecule has 0 aromatic heterocycles. The number of amides is 1. The summed E-state index contributed by atoms with van der Waals surface area (Å²) in [6, 6.07) is 0.181. The predicted molar refractivity (Wildman–Crippen MR) is 77.2 cm³/mol. The lowest BCUT2D eigenvalue weighted by Crippen LogP contribution is -2.42. The van der Waals surface area contributed by atoms with E-state index in [4.69, 9.17) is 0 Å². The Morgan fingerprint density at radius 2 is 1.80 bits per heavy atom. The van der Waals surface area contributed by atoms with Crippen LogP contribution in [0.1, 0.15) is 58.8 Å². The third-order valence-corrected chi connectivity index (χ3v) is 5.37. The number of carbonyl (C=O) groups excluding carboxylic acids is 1. The first-order valence-electron chi connectivity index (χ1n) is 8.06. The van der Waals surface area contributed by atoms with Crippen LogP contribution < -0.4 is 5.32 Å². The normalized spacial score (nSPS) is 32.2. The number of rotatable bonds is 5. The van der Waals surface area contributed by atoms with Gasteiger partial charge in [0.2, 0.25) is 5.91 Å². The van der Waals surface area contributed by atoms with Gasteiger partial charge in [-0.3, -0.25) is 9.59 Å². The zero-order valence-electron chi connectivity index (χ0n) is 12.6. The quantitative estimate of drug-likeness (QED) is 0.814. The minimum atomic E-state index is -0.811. The molecule has 2 fully saturated rings. The van der Waals surface area contributed by atoms with Gasteiger partial charge >= 0.3 is 5.97 Å². The summed E-state index contributed by atoms with van der Waals surface area (Å²) >= 11 is 0. The van der Waals surface area contributed by atoms with Gasteiger partial charge in [-0.1, -0.05) is 26.2 Å². The third-order valence-electron chi connectivity index (χ3n) is 5.37. The molecular weight excluding hydrogens is 254 g/mol. The molecule has 0 heterocycles. The molecule has 0 aliphatic heterocycles. The van der Waals surface area contributed by atoms with Gasteiger partial charge in [-0.15, -0.1) is 0 Å². The molecule has 2 N–H and O–H groups in total. The van der Waals surface area contributed by atoms with Crippen molar-refractivity contribution in [1.82, 2.24) is 5.32 Å². The van der Waals surface area contributed by atoms with Crippen molar-refractivity contribution in [3.63, 3.8) is 0 Å². The smallest absolute Gasteiger partial charge is 0.307 e. The maximum absolute atomic E-state index is 12.4. The molecular formula is C16H27NO3. The Morgan fingerprint density at radius 3 is 2.35 bits per heavy atom. The summed E-state index contributed by atoms with van der Waals surface area (Å²) in [6.07, 6.45) is 7.23. The van der Waals surface area contributed by atoms with E-state index in [1.54, 1.807) is 0 Å². The molecule has 0 aromatic carbocycles. The van der Waals surface area contributed by atoms with Crippen molar-refractivity contribution >= 4 is 11.9 Å². The lowest BCUT2D eigenvalue weighted by molar-refractivity contribution is -0.146. The van der Waals surface area contributed by atoms with Gasteiger partial charge < -0.3 is 10.4 Å². The Labute approximate surface area is 121 Å². The molecule has 0 radical (unpaired) electrons. The number of carboxylic acids is 1. The molecule has 20 heavy (non-hydrogen) atoms. The molecule has 4 atom stereocenters. The third kappa shape index (κ3) is 3.33. The Hall–Kier alpha value is -1.06. The minimum Gasteiger partial charge on any atom is -0.481 e. The molecule has 0 bridgehead atoms. The first kappa shape index (κ1) is 15.3. The standard InChI is InChI=1S/C16H27NO3/c1-3-11-8-13(14(9-11)16(19)20)15(18)17-10(2)12-6-4-5-7-12/h10-14H,3-9H2,1-2H3,(H,17,18)(H,19,20)/t10-,11?,13-,14+/m0/s1. The molecule has 1 amide bonds. The monoisotopic (exact) mass is 281 g/mol. The van der Waals surface area contributed by atoms with Gasteiger partial charge in [0.25, 0.3) is 0 Å². The van der Waals surface area contributed by atoms with E-state index in [2.05, 4.69) is 19.2 Å². The topological polar surface area (TPSA) is 66.4 Å². The average Bonchev–Trinajstić information content (AvgIpc) is 3.07. The maximum Gasteiger partial charge on any atom is 0.307 e. The van der Waals surface area contributed by atoms with Crippen LogP contribution in [0.25, 0.3) is 0 Å². The van der Waals surface area contributed by atoms with Gasteiger partial charge in [-0.2, -0.15) is 0 Å². The van der Waals surface area contributed by atoms with Gasteiger partial charge in [0.15, 0.2) is 0 Å². The van der Waals surface area contributed by atoms with Crippen LogP contribution in [0.4, 0.5) is 0 Å². The van der Waals surface area contributed by atoms with Gasteiger partial charge in [-0.05, 0) is 44.4 Å². The van der Waals surface area contributed by atoms with Crippen molar-refractivity contribution in [1.29, 1.82) is 0 Å². The fourth-order valence-electron chi connectivity index (χ4n) is 3.95. The fraction of sp³-hybridized carbons (Fsp3) is 0.875. The average molecular weight is 281 g/mol. The zero-order chi connectivity index (χ0) is 14.7. The lowest BCUT2D eigenvalue weighted by Gasteiger charge is -2.23. The maximum atomic E-state index is 12.4. The van der Waals surface area contributed by atoms with Crippen LogP contribution in [-0.2, 0) is 9.59 Å². The number of aliphatic carboxylic acids is 1. The van der Waals surface area contributed by atoms with Crippen LogP contribution in [0.3, 0.4) is 0 Å². The molecule has 2 aliphatic carbocycles. The summed E-state index contributed by atoms with van der Waals surface area (Å²) in [5.74, 6) is -0.710. The predicted octanol–water partition coefficient (Wildman–Crippen LogP) is 2.82. The molecule has 2 aliphatic rings. The molecule has 4 heteroatoms. The van der Waals surface area contributed by atoms with E-state index in [9.17, 15) is 14.7 Å². The van der Waals surface area contributed by atoms with Crippen molar-refractivity contribution in [3.05, 3.63) is 0 Å². The van der Waals surface area contributed by atoms with Crippen LogP contribution in [0.2, 0.25) is 0 Å². The van der Waals surface area contributed by atoms with Crippen molar-refractivity contribution in [2.75, 3.05) is 0 Å². The van der Waals surface area contributed by atoms with Crippen LogP contribution in [0.15, 0.2) is 0 Å². The molecule has 2 saturated carbocycles. The summed E-state index contributed by atoms with van der Waals surface area (Å²) in [5.41, 5.74) is 0. The highest BCUT2D eigenvalue weighted by atomic mass is 16.4. The second-order valence-electron chi connectivity index (χ2n) is 6.64. The SMILES string of the molecule is CCC1C[C@H](C(=O)N[C@@H](C)C2CCCC2)[C@H](C(=O)O)C1. The highest BCUT2D eigenvalue weighted by Gasteiger charge is 2.42. The molecule has 4 nitrogen and oxygen atoms in total. The highest BCUT2D eigenvalue weighted by molar-refractivity contribution is 5.85. The molecule has 1 unspecified atom stereocenters. The molecule has 0 spiro atoms. The second-order valence-corrected chi connectivity index (χ2v) is 6.64. The van der Waals surface area contributed by atoms with Crippen LogP contribution >= 0.6 is 0 Å². The minimum absolute atomic E-state index is 0.0345. The molecule has 2 rings (SSSR count). The van der Waals surface area contributed by atoms with Crippen LogP contribution in [0.5, 0.6) is 0 Å². The van der Waals surface area contributed by atoms with E-state index in [0.29, 0.717) is 18.3 Å². The van der Waals surface area contributed by atoms with Crippen molar-refractivity contribution < 1.29 is 14.7 Å². The summed E-state index contributed by atoms with van der Waals surface area (Å²) in [4.78, 5) is 23.8.